The Morgan fingerprint density at radius 3 is 2.21 bits per heavy atom. The zero-order valence-corrected chi connectivity index (χ0v) is 16.1. The molecular formula is C26H21NO. The Morgan fingerprint density at radius 2 is 1.43 bits per heavy atom. The highest BCUT2D eigenvalue weighted by Gasteiger charge is 2.16. The van der Waals surface area contributed by atoms with Gasteiger partial charge in [0.05, 0.1) is 0 Å². The molecule has 0 saturated heterocycles. The molecule has 0 unspecified atom stereocenters. The molecule has 5 aromatic rings. The molecule has 28 heavy (non-hydrogen) atoms. The summed E-state index contributed by atoms with van der Waals surface area (Å²) in [5, 5.41) is 4.49. The zero-order chi connectivity index (χ0) is 19.3. The Bertz CT molecular complexity index is 1370. The summed E-state index contributed by atoms with van der Waals surface area (Å²) in [6.45, 7) is 5.14. The molecule has 0 aliphatic heterocycles. The number of rotatable bonds is 3. The van der Waals surface area contributed by atoms with Crippen LogP contribution >= 0.6 is 0 Å². The molecule has 4 aromatic carbocycles. The van der Waals surface area contributed by atoms with Crippen LogP contribution in [0.1, 0.15) is 28.4 Å². The minimum absolute atomic E-state index is 0.0754. The van der Waals surface area contributed by atoms with Crippen LogP contribution in [0.3, 0.4) is 0 Å². The molecular weight excluding hydrogens is 342 g/mol. The number of para-hydroxylation sites is 1. The molecule has 0 amide bonds. The van der Waals surface area contributed by atoms with E-state index in [-0.39, 0.29) is 5.78 Å². The summed E-state index contributed by atoms with van der Waals surface area (Å²) in [4.78, 5) is 13.4. The fourth-order valence-corrected chi connectivity index (χ4v) is 4.34. The van der Waals surface area contributed by atoms with E-state index in [9.17, 15) is 4.79 Å². The van der Waals surface area contributed by atoms with Crippen molar-refractivity contribution >= 4 is 38.4 Å². The van der Waals surface area contributed by atoms with E-state index >= 15 is 0 Å². The third-order valence-electron chi connectivity index (χ3n) is 5.74. The molecule has 0 spiro atoms. The number of carbonyl (C=O) groups is 1. The second-order valence-electron chi connectivity index (χ2n) is 7.30. The van der Waals surface area contributed by atoms with Gasteiger partial charge in [-0.1, -0.05) is 54.6 Å². The van der Waals surface area contributed by atoms with Crippen LogP contribution < -0.4 is 0 Å². The predicted molar refractivity (Wildman–Crippen MR) is 117 cm³/mol. The van der Waals surface area contributed by atoms with Gasteiger partial charge in [0.25, 0.3) is 0 Å². The predicted octanol–water partition coefficient (Wildman–Crippen LogP) is 6.51. The first-order chi connectivity index (χ1) is 13.7. The molecule has 0 aliphatic carbocycles. The first-order valence-electron chi connectivity index (χ1n) is 9.73. The van der Waals surface area contributed by atoms with Gasteiger partial charge >= 0.3 is 0 Å². The van der Waals surface area contributed by atoms with E-state index in [1.165, 1.54) is 22.0 Å². The normalized spacial score (nSPS) is 11.5. The van der Waals surface area contributed by atoms with Crippen molar-refractivity contribution < 1.29 is 4.79 Å². The van der Waals surface area contributed by atoms with Crippen molar-refractivity contribution in [3.63, 3.8) is 0 Å². The highest BCUT2D eigenvalue weighted by Crippen LogP contribution is 2.31. The van der Waals surface area contributed by atoms with Crippen LogP contribution in [0.2, 0.25) is 0 Å². The van der Waals surface area contributed by atoms with Crippen molar-refractivity contribution in [1.82, 2.24) is 4.57 Å². The molecule has 0 radical (unpaired) electrons. The third-order valence-corrected chi connectivity index (χ3v) is 5.74. The summed E-state index contributed by atoms with van der Waals surface area (Å²) in [7, 11) is 0. The summed E-state index contributed by atoms with van der Waals surface area (Å²) >= 11 is 0. The van der Waals surface area contributed by atoms with Gasteiger partial charge in [-0.15, -0.1) is 0 Å². The molecule has 136 valence electrons. The van der Waals surface area contributed by atoms with Gasteiger partial charge in [-0.2, -0.15) is 0 Å². The van der Waals surface area contributed by atoms with Crippen LogP contribution in [0, 0.1) is 6.92 Å². The maximum absolute atomic E-state index is 13.4. The maximum atomic E-state index is 13.4. The van der Waals surface area contributed by atoms with Crippen LogP contribution in [0.4, 0.5) is 0 Å². The number of hydrogen-bond acceptors (Lipinski definition) is 1. The number of hydrogen-bond donors (Lipinski definition) is 0. The first-order valence-corrected chi connectivity index (χ1v) is 9.73. The highest BCUT2D eigenvalue weighted by molar-refractivity contribution is 6.19. The quantitative estimate of drug-likeness (QED) is 0.335. The summed E-state index contributed by atoms with van der Waals surface area (Å²) in [6, 6.07) is 26.7. The Morgan fingerprint density at radius 1 is 0.750 bits per heavy atom. The fraction of sp³-hybridized carbons (Fsp3) is 0.115. The minimum Gasteiger partial charge on any atom is -0.341 e. The van der Waals surface area contributed by atoms with Gasteiger partial charge in [0, 0.05) is 39.5 Å². The van der Waals surface area contributed by atoms with Gasteiger partial charge in [0.15, 0.2) is 5.78 Å². The van der Waals surface area contributed by atoms with Crippen molar-refractivity contribution in [2.24, 2.45) is 0 Å². The van der Waals surface area contributed by atoms with Gasteiger partial charge in [0.2, 0.25) is 0 Å². The van der Waals surface area contributed by atoms with Gasteiger partial charge in [-0.25, -0.2) is 0 Å². The van der Waals surface area contributed by atoms with E-state index < -0.39 is 0 Å². The highest BCUT2D eigenvalue weighted by atomic mass is 16.1. The first kappa shape index (κ1) is 16.8. The van der Waals surface area contributed by atoms with Crippen LogP contribution in [0.25, 0.3) is 32.6 Å². The van der Waals surface area contributed by atoms with Crippen LogP contribution in [-0.4, -0.2) is 10.4 Å². The lowest BCUT2D eigenvalue weighted by Gasteiger charge is -2.09. The lowest BCUT2D eigenvalue weighted by atomic mass is 9.94. The van der Waals surface area contributed by atoms with E-state index in [0.29, 0.717) is 0 Å². The molecule has 0 saturated carbocycles. The van der Waals surface area contributed by atoms with Gasteiger partial charge in [-0.3, -0.25) is 4.79 Å². The van der Waals surface area contributed by atoms with Crippen molar-refractivity contribution in [2.45, 2.75) is 20.4 Å². The van der Waals surface area contributed by atoms with Crippen molar-refractivity contribution in [3.8, 4) is 0 Å². The van der Waals surface area contributed by atoms with E-state index in [1.807, 2.05) is 36.4 Å². The Labute approximate surface area is 164 Å². The van der Waals surface area contributed by atoms with Crippen molar-refractivity contribution in [2.75, 3.05) is 0 Å². The standard InChI is InChI=1S/C26H21NO/c1-3-27-24-11-7-6-10-21(24)23-16-18(13-15-25(23)27)26(28)22-14-12-17(2)19-8-4-5-9-20(19)22/h4-16H,3H2,1-2H3. The molecule has 0 bridgehead atoms. The largest absolute Gasteiger partial charge is 0.341 e. The second-order valence-corrected chi connectivity index (χ2v) is 7.30. The van der Waals surface area contributed by atoms with E-state index in [0.717, 1.165) is 33.8 Å². The SMILES string of the molecule is CCn1c2ccccc2c2cc(C(=O)c3ccc(C)c4ccccc34)ccc21. The van der Waals surface area contributed by atoms with Gasteiger partial charge in [-0.05, 0) is 54.4 Å². The number of aromatic nitrogens is 1. The number of fused-ring (bicyclic) bond motifs is 4. The summed E-state index contributed by atoms with van der Waals surface area (Å²) in [6.07, 6.45) is 0. The zero-order valence-electron chi connectivity index (χ0n) is 16.1. The number of ketones is 1. The van der Waals surface area contributed by atoms with Gasteiger partial charge in [0.1, 0.15) is 0 Å². The van der Waals surface area contributed by atoms with Crippen molar-refractivity contribution in [3.05, 3.63) is 95.6 Å². The molecule has 0 aliphatic rings. The van der Waals surface area contributed by atoms with E-state index in [2.05, 4.69) is 60.9 Å². The van der Waals surface area contributed by atoms with E-state index in [1.54, 1.807) is 0 Å². The van der Waals surface area contributed by atoms with Crippen molar-refractivity contribution in [1.29, 1.82) is 0 Å². The third kappa shape index (κ3) is 2.38. The average molecular weight is 363 g/mol. The number of aryl methyl sites for hydroxylation is 2. The number of nitrogens with zero attached hydrogens (tertiary/aromatic N) is 1. The molecule has 2 heteroatoms. The molecule has 2 nitrogen and oxygen atoms in total. The fourth-order valence-electron chi connectivity index (χ4n) is 4.34. The number of benzene rings is 4. The van der Waals surface area contributed by atoms with Crippen LogP contribution in [-0.2, 0) is 6.54 Å². The second kappa shape index (κ2) is 6.35. The maximum Gasteiger partial charge on any atom is 0.193 e. The van der Waals surface area contributed by atoms with Gasteiger partial charge < -0.3 is 4.57 Å². The lowest BCUT2D eigenvalue weighted by molar-refractivity contribution is 0.104. The van der Waals surface area contributed by atoms with Crippen LogP contribution in [0.5, 0.6) is 0 Å². The minimum atomic E-state index is 0.0754. The topological polar surface area (TPSA) is 22.0 Å². The number of carbonyl (C=O) groups excluding carboxylic acids is 1. The smallest absolute Gasteiger partial charge is 0.193 e. The summed E-state index contributed by atoms with van der Waals surface area (Å²) in [5.41, 5.74) is 5.08. The molecule has 5 rings (SSSR count). The molecule has 0 atom stereocenters. The summed E-state index contributed by atoms with van der Waals surface area (Å²) in [5.74, 6) is 0.0754. The molecule has 1 aromatic heterocycles. The summed E-state index contributed by atoms with van der Waals surface area (Å²) < 4.78 is 2.31. The monoisotopic (exact) mass is 363 g/mol. The van der Waals surface area contributed by atoms with E-state index in [4.69, 9.17) is 0 Å². The average Bonchev–Trinajstić information content (AvgIpc) is 3.07. The Balaban J connectivity index is 1.73. The lowest BCUT2D eigenvalue weighted by Crippen LogP contribution is -2.03. The Kier molecular flexibility index (Phi) is 3.80. The molecule has 0 fully saturated rings. The van der Waals surface area contributed by atoms with Crippen LogP contribution in [0.15, 0.2) is 78.9 Å². The molecule has 0 N–H and O–H groups in total. The molecule has 1 heterocycles. The Hall–Kier alpha value is -3.39.